The summed E-state index contributed by atoms with van der Waals surface area (Å²) in [6.07, 6.45) is 8.11. The Hall–Kier alpha value is -2.64. The van der Waals surface area contributed by atoms with Gasteiger partial charge in [-0.3, -0.25) is 14.6 Å². The molecule has 0 aromatic carbocycles. The Labute approximate surface area is 169 Å². The van der Waals surface area contributed by atoms with E-state index in [1.165, 1.54) is 0 Å². The maximum absolute atomic E-state index is 13.0. The molecule has 5 rings (SSSR count). The minimum atomic E-state index is -0.800. The Morgan fingerprint density at radius 2 is 2.10 bits per heavy atom. The maximum Gasteiger partial charge on any atom is 0.317 e. The van der Waals surface area contributed by atoms with Gasteiger partial charge in [0.05, 0.1) is 17.5 Å². The number of carboxylic acids is 1. The zero-order chi connectivity index (χ0) is 20.2. The van der Waals surface area contributed by atoms with Crippen molar-refractivity contribution in [2.45, 2.75) is 56.7 Å². The van der Waals surface area contributed by atoms with Crippen molar-refractivity contribution in [3.05, 3.63) is 30.1 Å². The summed E-state index contributed by atoms with van der Waals surface area (Å²) in [4.78, 5) is 45.4. The molecule has 2 aliphatic heterocycles. The van der Waals surface area contributed by atoms with E-state index in [1.54, 1.807) is 17.3 Å². The second kappa shape index (κ2) is 6.71. The number of rotatable bonds is 4. The lowest BCUT2D eigenvalue weighted by molar-refractivity contribution is -0.149. The maximum atomic E-state index is 13.0. The highest BCUT2D eigenvalue weighted by molar-refractivity contribution is 5.84. The first kappa shape index (κ1) is 18.4. The quantitative estimate of drug-likeness (QED) is 0.805. The molecule has 2 N–H and O–H groups in total. The molecule has 4 aliphatic rings. The van der Waals surface area contributed by atoms with Crippen LogP contribution < -0.4 is 5.32 Å². The Kier molecular flexibility index (Phi) is 4.26. The number of carbonyl (C=O) groups excluding carboxylic acids is 2. The van der Waals surface area contributed by atoms with Crippen LogP contribution in [0, 0.1) is 11.3 Å². The number of aliphatic carboxylic acids is 1. The van der Waals surface area contributed by atoms with Crippen molar-refractivity contribution in [2.24, 2.45) is 11.3 Å². The van der Waals surface area contributed by atoms with Crippen LogP contribution in [0.1, 0.15) is 50.1 Å². The molecule has 3 heterocycles. The van der Waals surface area contributed by atoms with Crippen molar-refractivity contribution >= 4 is 17.9 Å². The lowest BCUT2D eigenvalue weighted by Crippen LogP contribution is -2.47. The minimum Gasteiger partial charge on any atom is -0.481 e. The van der Waals surface area contributed by atoms with Gasteiger partial charge in [-0.1, -0.05) is 12.5 Å². The first-order chi connectivity index (χ1) is 14.0. The third-order valence-electron chi connectivity index (χ3n) is 7.22. The van der Waals surface area contributed by atoms with Crippen molar-refractivity contribution in [3.8, 4) is 0 Å². The van der Waals surface area contributed by atoms with Crippen molar-refractivity contribution in [3.63, 3.8) is 0 Å². The average Bonchev–Trinajstić information content (AvgIpc) is 3.20. The Bertz CT molecular complexity index is 842. The predicted molar refractivity (Wildman–Crippen MR) is 103 cm³/mol. The van der Waals surface area contributed by atoms with Gasteiger partial charge in [0.2, 0.25) is 5.91 Å². The summed E-state index contributed by atoms with van der Waals surface area (Å²) in [7, 11) is 0. The van der Waals surface area contributed by atoms with Crippen LogP contribution in [0.2, 0.25) is 0 Å². The number of nitrogens with zero attached hydrogens (tertiary/aromatic N) is 3. The molecule has 2 aliphatic carbocycles. The summed E-state index contributed by atoms with van der Waals surface area (Å²) < 4.78 is 0. The second-order valence-electron chi connectivity index (χ2n) is 8.95. The zero-order valence-corrected chi connectivity index (χ0v) is 16.3. The first-order valence-corrected chi connectivity index (χ1v) is 10.5. The molecular formula is C21H26N4O4. The number of urea groups is 1. The molecule has 4 atom stereocenters. The van der Waals surface area contributed by atoms with Crippen LogP contribution >= 0.6 is 0 Å². The molecule has 154 valence electrons. The van der Waals surface area contributed by atoms with E-state index in [-0.39, 0.29) is 48.9 Å². The molecule has 0 spiro atoms. The van der Waals surface area contributed by atoms with Gasteiger partial charge in [0.15, 0.2) is 0 Å². The van der Waals surface area contributed by atoms with Gasteiger partial charge in [-0.2, -0.15) is 0 Å². The molecule has 3 amide bonds. The van der Waals surface area contributed by atoms with Gasteiger partial charge in [0.25, 0.3) is 0 Å². The Morgan fingerprint density at radius 3 is 2.76 bits per heavy atom. The van der Waals surface area contributed by atoms with E-state index < -0.39 is 11.4 Å². The van der Waals surface area contributed by atoms with Gasteiger partial charge in [-0.05, 0) is 43.2 Å². The third-order valence-corrected chi connectivity index (χ3v) is 7.22. The molecule has 0 radical (unpaired) electrons. The van der Waals surface area contributed by atoms with Crippen LogP contribution in [-0.4, -0.2) is 63.0 Å². The molecule has 8 nitrogen and oxygen atoms in total. The van der Waals surface area contributed by atoms with Crippen LogP contribution in [0.5, 0.6) is 0 Å². The van der Waals surface area contributed by atoms with E-state index >= 15 is 0 Å². The number of carboxylic acid groups (broad SMARTS) is 1. The fourth-order valence-electron chi connectivity index (χ4n) is 5.65. The van der Waals surface area contributed by atoms with Crippen LogP contribution in [-0.2, 0) is 9.59 Å². The van der Waals surface area contributed by atoms with Crippen molar-refractivity contribution in [1.29, 1.82) is 0 Å². The van der Waals surface area contributed by atoms with Crippen LogP contribution in [0.4, 0.5) is 4.79 Å². The number of hydrogen-bond acceptors (Lipinski definition) is 4. The molecule has 0 bridgehead atoms. The standard InChI is InChI=1S/C21H26N4O4/c26-17-9-16(18(25(17)15-5-6-15)13-3-2-8-22-10-13)23-20(29)24-11-14-4-1-7-21(14,12-24)19(27)28/h2-3,8,10,14-16,18H,1,4-7,9,11-12H2,(H,23,29)(H,27,28)/t14-,16+,18-,21+/m0/s1. The van der Waals surface area contributed by atoms with Gasteiger partial charge >= 0.3 is 12.0 Å². The number of amides is 3. The smallest absolute Gasteiger partial charge is 0.317 e. The molecule has 2 saturated carbocycles. The Balaban J connectivity index is 1.34. The van der Waals surface area contributed by atoms with Crippen LogP contribution in [0.25, 0.3) is 0 Å². The van der Waals surface area contributed by atoms with Crippen LogP contribution in [0.15, 0.2) is 24.5 Å². The van der Waals surface area contributed by atoms with E-state index in [0.717, 1.165) is 31.2 Å². The summed E-state index contributed by atoms with van der Waals surface area (Å²) in [6.45, 7) is 0.728. The molecule has 1 aromatic rings. The van der Waals surface area contributed by atoms with E-state index in [1.807, 2.05) is 17.0 Å². The summed E-state index contributed by atoms with van der Waals surface area (Å²) in [6, 6.07) is 3.23. The SMILES string of the molecule is O=C(N[C@@H]1CC(=O)N(C2CC2)[C@H]1c1cccnc1)N1C[C@@H]2CCC[C@@]2(C(=O)O)C1. The van der Waals surface area contributed by atoms with Gasteiger partial charge in [0, 0.05) is 37.9 Å². The first-order valence-electron chi connectivity index (χ1n) is 10.5. The number of fused-ring (bicyclic) bond motifs is 1. The summed E-state index contributed by atoms with van der Waals surface area (Å²) in [5, 5.41) is 12.8. The summed E-state index contributed by atoms with van der Waals surface area (Å²) >= 11 is 0. The number of likely N-dealkylation sites (tertiary alicyclic amines) is 2. The van der Waals surface area contributed by atoms with E-state index in [9.17, 15) is 19.5 Å². The van der Waals surface area contributed by atoms with Gasteiger partial charge in [-0.25, -0.2) is 4.79 Å². The number of hydrogen-bond donors (Lipinski definition) is 2. The lowest BCUT2D eigenvalue weighted by atomic mass is 9.81. The largest absolute Gasteiger partial charge is 0.481 e. The highest BCUT2D eigenvalue weighted by Gasteiger charge is 2.56. The van der Waals surface area contributed by atoms with Gasteiger partial charge in [-0.15, -0.1) is 0 Å². The average molecular weight is 398 g/mol. The number of pyridine rings is 1. The highest BCUT2D eigenvalue weighted by Crippen LogP contribution is 2.49. The highest BCUT2D eigenvalue weighted by atomic mass is 16.4. The molecule has 4 fully saturated rings. The predicted octanol–water partition coefficient (Wildman–Crippen LogP) is 1.78. The van der Waals surface area contributed by atoms with Crippen molar-refractivity contribution in [1.82, 2.24) is 20.1 Å². The molecule has 29 heavy (non-hydrogen) atoms. The summed E-state index contributed by atoms with van der Waals surface area (Å²) in [5.74, 6) is -0.709. The minimum absolute atomic E-state index is 0.0213. The third kappa shape index (κ3) is 2.96. The topological polar surface area (TPSA) is 103 Å². The fraction of sp³-hybridized carbons (Fsp3) is 0.619. The summed E-state index contributed by atoms with van der Waals surface area (Å²) in [5.41, 5.74) is 0.127. The molecule has 1 aromatic heterocycles. The van der Waals surface area contributed by atoms with E-state index in [2.05, 4.69) is 10.3 Å². The zero-order valence-electron chi connectivity index (χ0n) is 16.3. The molecular weight excluding hydrogens is 372 g/mol. The molecule has 0 unspecified atom stereocenters. The Morgan fingerprint density at radius 1 is 1.28 bits per heavy atom. The number of carbonyl (C=O) groups is 3. The van der Waals surface area contributed by atoms with Gasteiger partial charge < -0.3 is 20.2 Å². The fourth-order valence-corrected chi connectivity index (χ4v) is 5.65. The van der Waals surface area contributed by atoms with Crippen LogP contribution in [0.3, 0.4) is 0 Å². The van der Waals surface area contributed by atoms with E-state index in [0.29, 0.717) is 13.0 Å². The number of nitrogens with one attached hydrogen (secondary N) is 1. The molecule has 8 heteroatoms. The van der Waals surface area contributed by atoms with Crippen molar-refractivity contribution < 1.29 is 19.5 Å². The molecule has 2 saturated heterocycles. The lowest BCUT2D eigenvalue weighted by Gasteiger charge is -2.30. The second-order valence-corrected chi connectivity index (χ2v) is 8.95. The normalized spacial score (nSPS) is 33.8. The van der Waals surface area contributed by atoms with E-state index in [4.69, 9.17) is 0 Å². The van der Waals surface area contributed by atoms with Crippen molar-refractivity contribution in [2.75, 3.05) is 13.1 Å². The number of aromatic nitrogens is 1. The monoisotopic (exact) mass is 398 g/mol. The van der Waals surface area contributed by atoms with Gasteiger partial charge in [0.1, 0.15) is 0 Å².